The molecular formula is C8H10BrNO2. The smallest absolute Gasteiger partial charge is 0.130 e. The first-order chi connectivity index (χ1) is 5.65. The highest BCUT2D eigenvalue weighted by atomic mass is 79.9. The van der Waals surface area contributed by atoms with Crippen LogP contribution in [0.15, 0.2) is 22.7 Å². The molecule has 1 aromatic rings. The van der Waals surface area contributed by atoms with Gasteiger partial charge in [-0.1, -0.05) is 6.07 Å². The number of phenolic OH excluding ortho intramolecular Hbond substituents is 1. The number of rotatable bonds is 2. The number of benzene rings is 1. The second-order valence-electron chi connectivity index (χ2n) is 2.50. The van der Waals surface area contributed by atoms with E-state index in [0.717, 1.165) is 5.56 Å². The van der Waals surface area contributed by atoms with Crippen molar-refractivity contribution >= 4 is 15.9 Å². The summed E-state index contributed by atoms with van der Waals surface area (Å²) in [7, 11) is 0. The van der Waals surface area contributed by atoms with E-state index in [1.807, 2.05) is 0 Å². The lowest BCUT2D eigenvalue weighted by Crippen LogP contribution is -2.14. The van der Waals surface area contributed by atoms with Gasteiger partial charge in [-0.3, -0.25) is 0 Å². The van der Waals surface area contributed by atoms with Gasteiger partial charge < -0.3 is 15.9 Å². The molecule has 0 heterocycles. The second kappa shape index (κ2) is 3.89. The number of hydrogen-bond donors (Lipinski definition) is 3. The molecule has 1 aromatic carbocycles. The quantitative estimate of drug-likeness (QED) is 0.716. The zero-order valence-corrected chi connectivity index (χ0v) is 7.95. The predicted molar refractivity (Wildman–Crippen MR) is 49.8 cm³/mol. The van der Waals surface area contributed by atoms with Gasteiger partial charge in [0.2, 0.25) is 0 Å². The molecule has 1 rings (SSSR count). The topological polar surface area (TPSA) is 66.5 Å². The Kier molecular flexibility index (Phi) is 3.08. The minimum atomic E-state index is -0.427. The third-order valence-corrected chi connectivity index (χ3v) is 2.27. The first kappa shape index (κ1) is 9.51. The molecule has 1 atom stereocenters. The normalized spacial score (nSPS) is 12.9. The number of aliphatic hydroxyl groups excluding tert-OH is 1. The molecule has 4 N–H and O–H groups in total. The van der Waals surface area contributed by atoms with E-state index in [1.54, 1.807) is 12.1 Å². The van der Waals surface area contributed by atoms with E-state index in [2.05, 4.69) is 15.9 Å². The molecule has 0 amide bonds. The summed E-state index contributed by atoms with van der Waals surface area (Å²) in [6, 6.07) is 4.56. The molecular weight excluding hydrogens is 222 g/mol. The van der Waals surface area contributed by atoms with Crippen LogP contribution in [0.1, 0.15) is 11.6 Å². The fourth-order valence-electron chi connectivity index (χ4n) is 0.866. The Hall–Kier alpha value is -0.580. The van der Waals surface area contributed by atoms with Crippen molar-refractivity contribution in [1.29, 1.82) is 0 Å². The summed E-state index contributed by atoms with van der Waals surface area (Å²) in [6.07, 6.45) is 0. The molecule has 66 valence electrons. The average Bonchev–Trinajstić information content (AvgIpc) is 2.08. The molecule has 0 spiro atoms. The lowest BCUT2D eigenvalue weighted by atomic mass is 10.1. The monoisotopic (exact) mass is 231 g/mol. The summed E-state index contributed by atoms with van der Waals surface area (Å²) in [5, 5.41) is 18.0. The summed E-state index contributed by atoms with van der Waals surface area (Å²) in [5.41, 5.74) is 6.26. The van der Waals surface area contributed by atoms with Gasteiger partial charge in [0.1, 0.15) is 5.75 Å². The maximum atomic E-state index is 9.26. The van der Waals surface area contributed by atoms with E-state index in [1.165, 1.54) is 6.07 Å². The number of aromatic hydroxyl groups is 1. The molecule has 0 saturated carbocycles. The van der Waals surface area contributed by atoms with Crippen LogP contribution in [0.25, 0.3) is 0 Å². The molecule has 12 heavy (non-hydrogen) atoms. The van der Waals surface area contributed by atoms with E-state index in [4.69, 9.17) is 10.8 Å². The van der Waals surface area contributed by atoms with Crippen molar-refractivity contribution in [2.24, 2.45) is 5.73 Å². The Morgan fingerprint density at radius 3 is 2.67 bits per heavy atom. The van der Waals surface area contributed by atoms with Gasteiger partial charge in [-0.15, -0.1) is 0 Å². The van der Waals surface area contributed by atoms with Gasteiger partial charge in [0.25, 0.3) is 0 Å². The van der Waals surface area contributed by atoms with Crippen LogP contribution in [0, 0.1) is 0 Å². The van der Waals surface area contributed by atoms with Gasteiger partial charge in [0, 0.05) is 0 Å². The highest BCUT2D eigenvalue weighted by Crippen LogP contribution is 2.26. The number of aliphatic hydroxyl groups is 1. The molecule has 1 unspecified atom stereocenters. The van der Waals surface area contributed by atoms with Crippen LogP contribution in [0.4, 0.5) is 0 Å². The Balaban J connectivity index is 2.96. The Bertz CT molecular complexity index is 278. The summed E-state index contributed by atoms with van der Waals surface area (Å²) in [5.74, 6) is 0.136. The number of nitrogens with two attached hydrogens (primary N) is 1. The van der Waals surface area contributed by atoms with Gasteiger partial charge in [-0.25, -0.2) is 0 Å². The highest BCUT2D eigenvalue weighted by Gasteiger charge is 2.06. The SMILES string of the molecule is NC(CO)c1ccc(Br)c(O)c1. The molecule has 0 saturated heterocycles. The Morgan fingerprint density at radius 1 is 1.50 bits per heavy atom. The average molecular weight is 232 g/mol. The van der Waals surface area contributed by atoms with Crippen LogP contribution in [-0.4, -0.2) is 16.8 Å². The molecule has 0 bridgehead atoms. The van der Waals surface area contributed by atoms with Crippen LogP contribution >= 0.6 is 15.9 Å². The van der Waals surface area contributed by atoms with Crippen molar-refractivity contribution in [2.45, 2.75) is 6.04 Å². The minimum absolute atomic E-state index is 0.124. The molecule has 0 aliphatic rings. The van der Waals surface area contributed by atoms with Crippen LogP contribution in [0.5, 0.6) is 5.75 Å². The van der Waals surface area contributed by atoms with E-state index in [9.17, 15) is 5.11 Å². The fraction of sp³-hybridized carbons (Fsp3) is 0.250. The van der Waals surface area contributed by atoms with Crippen molar-refractivity contribution < 1.29 is 10.2 Å². The molecule has 0 aliphatic carbocycles. The molecule has 3 nitrogen and oxygen atoms in total. The molecule has 0 aromatic heterocycles. The predicted octanol–water partition coefficient (Wildman–Crippen LogP) is 1.15. The van der Waals surface area contributed by atoms with Crippen molar-refractivity contribution in [3.8, 4) is 5.75 Å². The van der Waals surface area contributed by atoms with Crippen LogP contribution in [0.3, 0.4) is 0 Å². The molecule has 4 heteroatoms. The van der Waals surface area contributed by atoms with E-state index >= 15 is 0 Å². The number of phenols is 1. The van der Waals surface area contributed by atoms with Crippen molar-refractivity contribution in [3.05, 3.63) is 28.2 Å². The van der Waals surface area contributed by atoms with Crippen molar-refractivity contribution in [2.75, 3.05) is 6.61 Å². The zero-order valence-electron chi connectivity index (χ0n) is 6.37. The summed E-state index contributed by atoms with van der Waals surface area (Å²) >= 11 is 3.15. The molecule has 0 radical (unpaired) electrons. The van der Waals surface area contributed by atoms with Crippen molar-refractivity contribution in [3.63, 3.8) is 0 Å². The zero-order chi connectivity index (χ0) is 9.14. The van der Waals surface area contributed by atoms with Crippen LogP contribution in [0.2, 0.25) is 0 Å². The summed E-state index contributed by atoms with van der Waals surface area (Å²) < 4.78 is 0.622. The third kappa shape index (κ3) is 1.97. The Morgan fingerprint density at radius 2 is 2.17 bits per heavy atom. The largest absolute Gasteiger partial charge is 0.507 e. The van der Waals surface area contributed by atoms with Gasteiger partial charge >= 0.3 is 0 Å². The highest BCUT2D eigenvalue weighted by molar-refractivity contribution is 9.10. The number of halogens is 1. The third-order valence-electron chi connectivity index (χ3n) is 1.60. The fourth-order valence-corrected chi connectivity index (χ4v) is 1.11. The van der Waals surface area contributed by atoms with Gasteiger partial charge in [-0.05, 0) is 33.6 Å². The summed E-state index contributed by atoms with van der Waals surface area (Å²) in [4.78, 5) is 0. The standard InChI is InChI=1S/C8H10BrNO2/c9-6-2-1-5(3-8(6)12)7(10)4-11/h1-3,7,11-12H,4,10H2. The van der Waals surface area contributed by atoms with Crippen LogP contribution in [-0.2, 0) is 0 Å². The van der Waals surface area contributed by atoms with Gasteiger partial charge in [-0.2, -0.15) is 0 Å². The van der Waals surface area contributed by atoms with Crippen LogP contribution < -0.4 is 5.73 Å². The van der Waals surface area contributed by atoms with E-state index in [0.29, 0.717) is 4.47 Å². The van der Waals surface area contributed by atoms with E-state index < -0.39 is 6.04 Å². The number of hydrogen-bond acceptors (Lipinski definition) is 3. The maximum Gasteiger partial charge on any atom is 0.130 e. The second-order valence-corrected chi connectivity index (χ2v) is 3.35. The maximum absolute atomic E-state index is 9.26. The first-order valence-corrected chi connectivity index (χ1v) is 4.29. The Labute approximate surface area is 79.0 Å². The first-order valence-electron chi connectivity index (χ1n) is 3.50. The van der Waals surface area contributed by atoms with Gasteiger partial charge in [0.15, 0.2) is 0 Å². The lowest BCUT2D eigenvalue weighted by molar-refractivity contribution is 0.268. The molecule has 0 fully saturated rings. The summed E-state index contributed by atoms with van der Waals surface area (Å²) in [6.45, 7) is -0.124. The lowest BCUT2D eigenvalue weighted by Gasteiger charge is -2.08. The molecule has 0 aliphatic heterocycles. The van der Waals surface area contributed by atoms with Crippen molar-refractivity contribution in [1.82, 2.24) is 0 Å². The van der Waals surface area contributed by atoms with E-state index in [-0.39, 0.29) is 12.4 Å². The minimum Gasteiger partial charge on any atom is -0.507 e. The van der Waals surface area contributed by atoms with Gasteiger partial charge in [0.05, 0.1) is 17.1 Å².